The highest BCUT2D eigenvalue weighted by atomic mass is 16.1. The molecule has 2 aromatic carbocycles. The summed E-state index contributed by atoms with van der Waals surface area (Å²) >= 11 is 0. The van der Waals surface area contributed by atoms with Crippen molar-refractivity contribution in [1.82, 2.24) is 28.7 Å². The molecule has 5 aromatic rings. The van der Waals surface area contributed by atoms with E-state index in [1.54, 1.807) is 33.4 Å². The highest BCUT2D eigenvalue weighted by molar-refractivity contribution is 5.99. The van der Waals surface area contributed by atoms with Gasteiger partial charge >= 0.3 is 5.69 Å². The standard InChI is InChI=1S/C26H27N7O2/c1-4-32-23-13-21-18(12-22(23)30(3)26(32)35)24(28-14-27-21)31-9-7-17(8-10-31)33-15-29-20-6-5-16(2)11-19(20)25(33)34/h5-6,11-15,17H,4,7-10H2,1-3H3. The summed E-state index contributed by atoms with van der Waals surface area (Å²) < 4.78 is 5.24. The molecule has 35 heavy (non-hydrogen) atoms. The predicted octanol–water partition coefficient (Wildman–Crippen LogP) is 3.16. The maximum atomic E-state index is 13.2. The molecule has 0 spiro atoms. The Labute approximate surface area is 201 Å². The fourth-order valence-corrected chi connectivity index (χ4v) is 5.36. The third-order valence-electron chi connectivity index (χ3n) is 7.29. The Morgan fingerprint density at radius 3 is 2.51 bits per heavy atom. The number of imidazole rings is 1. The van der Waals surface area contributed by atoms with Crippen molar-refractivity contribution in [2.75, 3.05) is 18.0 Å². The van der Waals surface area contributed by atoms with Crippen LogP contribution in [-0.4, -0.2) is 41.7 Å². The van der Waals surface area contributed by atoms with Gasteiger partial charge in [0.25, 0.3) is 5.56 Å². The van der Waals surface area contributed by atoms with Gasteiger partial charge in [0, 0.05) is 38.1 Å². The van der Waals surface area contributed by atoms with E-state index < -0.39 is 0 Å². The van der Waals surface area contributed by atoms with Crippen molar-refractivity contribution in [1.29, 1.82) is 0 Å². The van der Waals surface area contributed by atoms with Crippen molar-refractivity contribution in [2.45, 2.75) is 39.3 Å². The molecule has 3 aromatic heterocycles. The number of benzene rings is 2. The Morgan fingerprint density at radius 2 is 1.74 bits per heavy atom. The number of piperidine rings is 1. The van der Waals surface area contributed by atoms with Crippen molar-refractivity contribution in [3.05, 3.63) is 69.4 Å². The molecule has 0 aliphatic carbocycles. The normalized spacial score (nSPS) is 15.0. The molecule has 0 N–H and O–H groups in total. The molecule has 178 valence electrons. The zero-order valence-electron chi connectivity index (χ0n) is 20.1. The lowest BCUT2D eigenvalue weighted by molar-refractivity contribution is 0.385. The van der Waals surface area contributed by atoms with E-state index in [0.717, 1.165) is 64.8 Å². The zero-order valence-corrected chi connectivity index (χ0v) is 20.1. The zero-order chi connectivity index (χ0) is 24.3. The molecule has 0 atom stereocenters. The second-order valence-electron chi connectivity index (χ2n) is 9.34. The van der Waals surface area contributed by atoms with Crippen molar-refractivity contribution < 1.29 is 0 Å². The summed E-state index contributed by atoms with van der Waals surface area (Å²) in [7, 11) is 1.80. The molecule has 1 aliphatic heterocycles. The average Bonchev–Trinajstić information content (AvgIpc) is 3.11. The molecule has 9 heteroatoms. The number of hydrogen-bond acceptors (Lipinski definition) is 6. The van der Waals surface area contributed by atoms with Crippen molar-refractivity contribution in [3.8, 4) is 0 Å². The second kappa shape index (κ2) is 8.04. The molecular formula is C26H27N7O2. The maximum Gasteiger partial charge on any atom is 0.328 e. The molecule has 0 saturated carbocycles. The topological polar surface area (TPSA) is 90.8 Å². The minimum atomic E-state index is -0.0299. The van der Waals surface area contributed by atoms with Crippen molar-refractivity contribution in [2.24, 2.45) is 7.05 Å². The summed E-state index contributed by atoms with van der Waals surface area (Å²) in [6.45, 7) is 6.10. The first kappa shape index (κ1) is 21.5. The minimum Gasteiger partial charge on any atom is -0.356 e. The van der Waals surface area contributed by atoms with E-state index in [1.165, 1.54) is 0 Å². The van der Waals surface area contributed by atoms with E-state index in [9.17, 15) is 9.59 Å². The van der Waals surface area contributed by atoms with Crippen molar-refractivity contribution >= 4 is 38.7 Å². The largest absolute Gasteiger partial charge is 0.356 e. The maximum absolute atomic E-state index is 13.2. The van der Waals surface area contributed by atoms with Gasteiger partial charge in [-0.25, -0.2) is 19.7 Å². The summed E-state index contributed by atoms with van der Waals surface area (Å²) in [4.78, 5) is 41.7. The van der Waals surface area contributed by atoms with E-state index >= 15 is 0 Å². The van der Waals surface area contributed by atoms with Crippen LogP contribution in [0.4, 0.5) is 5.82 Å². The van der Waals surface area contributed by atoms with E-state index in [2.05, 4.69) is 19.9 Å². The number of aryl methyl sites for hydroxylation is 3. The first-order valence-corrected chi connectivity index (χ1v) is 12.0. The summed E-state index contributed by atoms with van der Waals surface area (Å²) in [6.07, 6.45) is 4.91. The van der Waals surface area contributed by atoms with E-state index in [1.807, 2.05) is 44.2 Å². The lowest BCUT2D eigenvalue weighted by Crippen LogP contribution is -2.38. The second-order valence-corrected chi connectivity index (χ2v) is 9.34. The fraction of sp³-hybridized carbons (Fsp3) is 0.346. The van der Waals surface area contributed by atoms with Crippen molar-refractivity contribution in [3.63, 3.8) is 0 Å². The first-order chi connectivity index (χ1) is 17.0. The SMILES string of the molecule is CCn1c(=O)n(C)c2cc3c(N4CCC(n5cnc6ccc(C)cc6c5=O)CC4)ncnc3cc21. The first-order valence-electron chi connectivity index (χ1n) is 12.0. The molecule has 6 rings (SSSR count). The van der Waals surface area contributed by atoms with Gasteiger partial charge in [-0.05, 0) is 51.0 Å². The molecule has 1 fully saturated rings. The number of fused-ring (bicyclic) bond motifs is 3. The summed E-state index contributed by atoms with van der Waals surface area (Å²) in [5.74, 6) is 0.867. The molecule has 0 radical (unpaired) electrons. The lowest BCUT2D eigenvalue weighted by Gasteiger charge is -2.34. The highest BCUT2D eigenvalue weighted by Gasteiger charge is 2.25. The molecule has 1 aliphatic rings. The van der Waals surface area contributed by atoms with Crippen LogP contribution in [0.25, 0.3) is 32.8 Å². The fourth-order valence-electron chi connectivity index (χ4n) is 5.36. The monoisotopic (exact) mass is 469 g/mol. The van der Waals surface area contributed by atoms with E-state index in [4.69, 9.17) is 0 Å². The highest BCUT2D eigenvalue weighted by Crippen LogP contribution is 2.31. The van der Waals surface area contributed by atoms with Gasteiger partial charge in [-0.15, -0.1) is 0 Å². The van der Waals surface area contributed by atoms with Gasteiger partial charge in [0.1, 0.15) is 12.1 Å². The van der Waals surface area contributed by atoms with Crippen LogP contribution in [0.15, 0.2) is 52.6 Å². The predicted molar refractivity (Wildman–Crippen MR) is 137 cm³/mol. The lowest BCUT2D eigenvalue weighted by atomic mass is 10.0. The smallest absolute Gasteiger partial charge is 0.328 e. The van der Waals surface area contributed by atoms with Gasteiger partial charge in [0.2, 0.25) is 0 Å². The van der Waals surface area contributed by atoms with Gasteiger partial charge in [-0.2, -0.15) is 0 Å². The van der Waals surface area contributed by atoms with Gasteiger partial charge in [0.05, 0.1) is 33.8 Å². The molecule has 0 unspecified atom stereocenters. The van der Waals surface area contributed by atoms with Gasteiger partial charge < -0.3 is 4.90 Å². The number of nitrogens with zero attached hydrogens (tertiary/aromatic N) is 7. The van der Waals surface area contributed by atoms with Crippen LogP contribution < -0.4 is 16.1 Å². The third kappa shape index (κ3) is 3.33. The van der Waals surface area contributed by atoms with Crippen LogP contribution in [0, 0.1) is 6.92 Å². The summed E-state index contributed by atoms with van der Waals surface area (Å²) in [5.41, 5.74) is 4.36. The molecule has 0 amide bonds. The molecule has 9 nitrogen and oxygen atoms in total. The molecule has 0 bridgehead atoms. The van der Waals surface area contributed by atoms with Gasteiger partial charge in [-0.3, -0.25) is 18.5 Å². The third-order valence-corrected chi connectivity index (χ3v) is 7.29. The number of rotatable bonds is 3. The van der Waals surface area contributed by atoms with E-state index in [-0.39, 0.29) is 17.3 Å². The molecular weight excluding hydrogens is 442 g/mol. The Bertz CT molecular complexity index is 1720. The summed E-state index contributed by atoms with van der Waals surface area (Å²) in [6, 6.07) is 9.90. The van der Waals surface area contributed by atoms with Crippen LogP contribution in [0.3, 0.4) is 0 Å². The molecule has 1 saturated heterocycles. The van der Waals surface area contributed by atoms with E-state index in [0.29, 0.717) is 11.9 Å². The van der Waals surface area contributed by atoms with Crippen LogP contribution >= 0.6 is 0 Å². The number of aromatic nitrogens is 6. The van der Waals surface area contributed by atoms with Gasteiger partial charge in [0.15, 0.2) is 0 Å². The Morgan fingerprint density at radius 1 is 0.943 bits per heavy atom. The van der Waals surface area contributed by atoms with Crippen LogP contribution in [0.1, 0.15) is 31.4 Å². The summed E-state index contributed by atoms with van der Waals surface area (Å²) in [5, 5.41) is 1.60. The van der Waals surface area contributed by atoms with Crippen LogP contribution in [-0.2, 0) is 13.6 Å². The quantitative estimate of drug-likeness (QED) is 0.403. The molecule has 4 heterocycles. The minimum absolute atomic E-state index is 0.0216. The number of hydrogen-bond donors (Lipinski definition) is 0. The van der Waals surface area contributed by atoms with Gasteiger partial charge in [-0.1, -0.05) is 11.6 Å². The Kier molecular flexibility index (Phi) is 4.94. The number of anilines is 1. The average molecular weight is 470 g/mol. The Hall–Kier alpha value is -4.01. The Balaban J connectivity index is 1.33. The van der Waals surface area contributed by atoms with Crippen LogP contribution in [0.2, 0.25) is 0 Å². The van der Waals surface area contributed by atoms with Crippen LogP contribution in [0.5, 0.6) is 0 Å².